The predicted octanol–water partition coefficient (Wildman–Crippen LogP) is 3.28. The van der Waals surface area contributed by atoms with E-state index in [0.717, 1.165) is 36.5 Å². The number of carbonyl (C=O) groups excluding carboxylic acids is 1. The number of aromatic nitrogens is 2. The molecule has 1 aromatic carbocycles. The Balaban J connectivity index is 1.55. The summed E-state index contributed by atoms with van der Waals surface area (Å²) in [5.41, 5.74) is 2.11. The van der Waals surface area contributed by atoms with Crippen LogP contribution >= 0.6 is 0 Å². The van der Waals surface area contributed by atoms with E-state index in [0.29, 0.717) is 11.6 Å². The highest BCUT2D eigenvalue weighted by atomic mass is 16.2. The second-order valence-electron chi connectivity index (χ2n) is 6.59. The van der Waals surface area contributed by atoms with Gasteiger partial charge in [-0.25, -0.2) is 4.98 Å². The molecule has 114 valence electrons. The Morgan fingerprint density at radius 3 is 2.68 bits per heavy atom. The summed E-state index contributed by atoms with van der Waals surface area (Å²) in [7, 11) is 0. The Kier molecular flexibility index (Phi) is 3.53. The van der Waals surface area contributed by atoms with Gasteiger partial charge in [0.2, 0.25) is 0 Å². The molecule has 1 saturated carbocycles. The zero-order valence-electron chi connectivity index (χ0n) is 12.7. The van der Waals surface area contributed by atoms with Crippen LogP contribution in [0.4, 0.5) is 0 Å². The highest BCUT2D eigenvalue weighted by Gasteiger charge is 2.33. The van der Waals surface area contributed by atoms with Crippen LogP contribution in [0.1, 0.15) is 42.6 Å². The first-order valence-corrected chi connectivity index (χ1v) is 8.32. The van der Waals surface area contributed by atoms with Gasteiger partial charge in [-0.2, -0.15) is 0 Å². The Morgan fingerprint density at radius 1 is 1.05 bits per heavy atom. The van der Waals surface area contributed by atoms with E-state index in [1.54, 1.807) is 6.20 Å². The predicted molar refractivity (Wildman–Crippen MR) is 85.5 cm³/mol. The second kappa shape index (κ2) is 5.67. The summed E-state index contributed by atoms with van der Waals surface area (Å²) in [6, 6.07) is 7.70. The molecular formula is C18H21N3O. The van der Waals surface area contributed by atoms with Crippen LogP contribution in [0, 0.1) is 11.8 Å². The van der Waals surface area contributed by atoms with Crippen LogP contribution in [0.2, 0.25) is 0 Å². The minimum absolute atomic E-state index is 0.0438. The maximum absolute atomic E-state index is 12.7. The summed E-state index contributed by atoms with van der Waals surface area (Å²) in [6.07, 6.45) is 8.08. The van der Waals surface area contributed by atoms with Crippen molar-refractivity contribution < 1.29 is 4.79 Å². The number of rotatable bonds is 1. The summed E-state index contributed by atoms with van der Waals surface area (Å²) in [5, 5.41) is 0. The fourth-order valence-corrected chi connectivity index (χ4v) is 4.01. The van der Waals surface area contributed by atoms with E-state index in [2.05, 4.69) is 9.97 Å². The molecule has 1 aliphatic heterocycles. The first kappa shape index (κ1) is 13.7. The molecule has 0 unspecified atom stereocenters. The average Bonchev–Trinajstić information content (AvgIpc) is 2.60. The van der Waals surface area contributed by atoms with Crippen LogP contribution in [-0.2, 0) is 0 Å². The number of likely N-dealkylation sites (tertiary alicyclic amines) is 1. The van der Waals surface area contributed by atoms with Gasteiger partial charge in [-0.1, -0.05) is 31.4 Å². The molecule has 0 N–H and O–H groups in total. The number of hydrogen-bond acceptors (Lipinski definition) is 3. The Bertz CT molecular complexity index is 700. The van der Waals surface area contributed by atoms with Gasteiger partial charge in [-0.15, -0.1) is 0 Å². The quantitative estimate of drug-likeness (QED) is 0.811. The molecule has 2 atom stereocenters. The maximum atomic E-state index is 12.7. The van der Waals surface area contributed by atoms with Crippen molar-refractivity contribution in [3.8, 4) is 0 Å². The largest absolute Gasteiger partial charge is 0.337 e. The minimum Gasteiger partial charge on any atom is -0.337 e. The lowest BCUT2D eigenvalue weighted by Gasteiger charge is -2.41. The lowest BCUT2D eigenvalue weighted by atomic mass is 9.75. The first-order valence-electron chi connectivity index (χ1n) is 8.32. The molecule has 0 radical (unpaired) electrons. The van der Waals surface area contributed by atoms with Gasteiger partial charge in [0.05, 0.1) is 17.2 Å². The van der Waals surface area contributed by atoms with Crippen molar-refractivity contribution in [2.75, 3.05) is 13.1 Å². The molecule has 1 saturated heterocycles. The minimum atomic E-state index is 0.0438. The van der Waals surface area contributed by atoms with E-state index >= 15 is 0 Å². The van der Waals surface area contributed by atoms with Crippen molar-refractivity contribution >= 4 is 16.9 Å². The van der Waals surface area contributed by atoms with Crippen molar-refractivity contribution in [2.45, 2.75) is 32.1 Å². The zero-order chi connectivity index (χ0) is 14.9. The molecule has 2 fully saturated rings. The van der Waals surface area contributed by atoms with E-state index in [9.17, 15) is 4.79 Å². The van der Waals surface area contributed by atoms with Gasteiger partial charge in [0.15, 0.2) is 0 Å². The summed E-state index contributed by atoms with van der Waals surface area (Å²) in [6.45, 7) is 1.77. The molecule has 2 aromatic rings. The van der Waals surface area contributed by atoms with E-state index in [-0.39, 0.29) is 5.91 Å². The first-order chi connectivity index (χ1) is 10.8. The van der Waals surface area contributed by atoms with Crippen LogP contribution in [-0.4, -0.2) is 33.9 Å². The monoisotopic (exact) mass is 295 g/mol. The van der Waals surface area contributed by atoms with Crippen LogP contribution in [0.3, 0.4) is 0 Å². The summed E-state index contributed by atoms with van der Waals surface area (Å²) in [5.74, 6) is 1.57. The second-order valence-corrected chi connectivity index (χ2v) is 6.59. The molecule has 4 heteroatoms. The summed E-state index contributed by atoms with van der Waals surface area (Å²) < 4.78 is 0. The number of benzene rings is 1. The van der Waals surface area contributed by atoms with Crippen LogP contribution in [0.25, 0.3) is 11.0 Å². The lowest BCUT2D eigenvalue weighted by Crippen LogP contribution is -2.45. The smallest absolute Gasteiger partial charge is 0.274 e. The summed E-state index contributed by atoms with van der Waals surface area (Å²) in [4.78, 5) is 23.6. The van der Waals surface area contributed by atoms with E-state index in [1.165, 1.54) is 25.7 Å². The van der Waals surface area contributed by atoms with Crippen molar-refractivity contribution in [3.05, 3.63) is 36.2 Å². The van der Waals surface area contributed by atoms with Gasteiger partial charge < -0.3 is 4.90 Å². The van der Waals surface area contributed by atoms with Crippen molar-refractivity contribution in [2.24, 2.45) is 11.8 Å². The number of fused-ring (bicyclic) bond motifs is 2. The molecule has 1 amide bonds. The molecule has 0 spiro atoms. The van der Waals surface area contributed by atoms with E-state index < -0.39 is 0 Å². The number of amides is 1. The topological polar surface area (TPSA) is 46.1 Å². The fourth-order valence-electron chi connectivity index (χ4n) is 4.01. The third kappa shape index (κ3) is 2.47. The van der Waals surface area contributed by atoms with Gasteiger partial charge in [0.25, 0.3) is 5.91 Å². The molecule has 2 aliphatic rings. The van der Waals surface area contributed by atoms with Crippen LogP contribution in [0.15, 0.2) is 30.5 Å². The summed E-state index contributed by atoms with van der Waals surface area (Å²) >= 11 is 0. The van der Waals surface area contributed by atoms with Crippen LogP contribution in [0.5, 0.6) is 0 Å². The van der Waals surface area contributed by atoms with Gasteiger partial charge in [0.1, 0.15) is 5.69 Å². The Labute approximate surface area is 130 Å². The third-order valence-corrected chi connectivity index (χ3v) is 5.25. The zero-order valence-corrected chi connectivity index (χ0v) is 12.7. The number of piperidine rings is 1. The highest BCUT2D eigenvalue weighted by molar-refractivity contribution is 5.93. The van der Waals surface area contributed by atoms with Gasteiger partial charge in [-0.05, 0) is 36.8 Å². The number of nitrogens with zero attached hydrogens (tertiary/aromatic N) is 3. The van der Waals surface area contributed by atoms with Gasteiger partial charge in [0, 0.05) is 13.1 Å². The van der Waals surface area contributed by atoms with Crippen molar-refractivity contribution in [1.29, 1.82) is 0 Å². The molecule has 1 aromatic heterocycles. The Morgan fingerprint density at radius 2 is 1.82 bits per heavy atom. The molecule has 4 nitrogen and oxygen atoms in total. The normalized spacial score (nSPS) is 25.0. The molecule has 1 aliphatic carbocycles. The van der Waals surface area contributed by atoms with E-state index in [1.807, 2.05) is 29.2 Å². The molecular weight excluding hydrogens is 274 g/mol. The number of carbonyl (C=O) groups is 1. The molecule has 4 rings (SSSR count). The van der Waals surface area contributed by atoms with Gasteiger partial charge in [-0.3, -0.25) is 9.78 Å². The molecule has 2 heterocycles. The van der Waals surface area contributed by atoms with Crippen LogP contribution < -0.4 is 0 Å². The number of hydrogen-bond donors (Lipinski definition) is 0. The highest BCUT2D eigenvalue weighted by Crippen LogP contribution is 2.36. The van der Waals surface area contributed by atoms with Crippen molar-refractivity contribution in [3.63, 3.8) is 0 Å². The van der Waals surface area contributed by atoms with E-state index in [4.69, 9.17) is 0 Å². The van der Waals surface area contributed by atoms with Gasteiger partial charge >= 0.3 is 0 Å². The number of para-hydroxylation sites is 2. The molecule has 0 bridgehead atoms. The third-order valence-electron chi connectivity index (χ3n) is 5.25. The molecule has 22 heavy (non-hydrogen) atoms. The fraction of sp³-hybridized carbons (Fsp3) is 0.500. The maximum Gasteiger partial charge on any atom is 0.274 e. The average molecular weight is 295 g/mol. The standard InChI is InChI=1S/C18H21N3O/c22-18(17-11-19-15-7-3-4-8-16(15)20-17)21-10-9-13-5-1-2-6-14(13)12-21/h3-4,7-8,11,13-14H,1-2,5-6,9-10,12H2/t13-,14+/m1/s1. The Hall–Kier alpha value is -1.97. The SMILES string of the molecule is O=C(c1cnc2ccccc2n1)N1CC[C@H]2CCCC[C@H]2C1. The van der Waals surface area contributed by atoms with Crippen molar-refractivity contribution in [1.82, 2.24) is 14.9 Å². The lowest BCUT2D eigenvalue weighted by molar-refractivity contribution is 0.0515.